The molecule has 0 radical (unpaired) electrons. The molecule has 0 aromatic carbocycles. The van der Waals surface area contributed by atoms with Crippen molar-refractivity contribution in [3.05, 3.63) is 22.6 Å². The van der Waals surface area contributed by atoms with Crippen molar-refractivity contribution in [2.24, 2.45) is 0 Å². The summed E-state index contributed by atoms with van der Waals surface area (Å²) < 4.78 is 11.5. The molecule has 2 rings (SSSR count). The maximum Gasteiger partial charge on any atom is 0.287 e. The first-order valence-electron chi connectivity index (χ1n) is 6.61. The SMILES string of the molecule is O=C(NCCCOC1CCNCC1)c1ccc(Br)o1. The third kappa shape index (κ3) is 4.97. The van der Waals surface area contributed by atoms with Gasteiger partial charge in [0, 0.05) is 13.2 Å². The van der Waals surface area contributed by atoms with Crippen LogP contribution in [0.15, 0.2) is 21.2 Å². The standard InChI is InChI=1S/C13H19BrN2O3/c14-12-3-2-11(19-12)13(17)16-6-1-9-18-10-4-7-15-8-5-10/h2-3,10,15H,1,4-9H2,(H,16,17). The number of furan rings is 1. The molecule has 0 saturated carbocycles. The molecular formula is C13H19BrN2O3. The van der Waals surface area contributed by atoms with Crippen LogP contribution in [0, 0.1) is 0 Å². The van der Waals surface area contributed by atoms with Gasteiger partial charge in [0.25, 0.3) is 5.91 Å². The van der Waals surface area contributed by atoms with Gasteiger partial charge in [0.15, 0.2) is 10.4 Å². The Labute approximate surface area is 121 Å². The van der Waals surface area contributed by atoms with E-state index in [1.165, 1.54) is 0 Å². The quantitative estimate of drug-likeness (QED) is 0.782. The first kappa shape index (κ1) is 14.6. The zero-order valence-electron chi connectivity index (χ0n) is 10.8. The zero-order valence-corrected chi connectivity index (χ0v) is 12.4. The van der Waals surface area contributed by atoms with Crippen LogP contribution in [0.5, 0.6) is 0 Å². The molecule has 2 heterocycles. The molecule has 1 saturated heterocycles. The van der Waals surface area contributed by atoms with Gasteiger partial charge in [-0.3, -0.25) is 4.79 Å². The normalized spacial score (nSPS) is 16.5. The molecular weight excluding hydrogens is 312 g/mol. The summed E-state index contributed by atoms with van der Waals surface area (Å²) in [7, 11) is 0. The van der Waals surface area contributed by atoms with Crippen molar-refractivity contribution in [3.63, 3.8) is 0 Å². The Bertz CT molecular complexity index is 402. The minimum Gasteiger partial charge on any atom is -0.444 e. The highest BCUT2D eigenvalue weighted by molar-refractivity contribution is 9.10. The summed E-state index contributed by atoms with van der Waals surface area (Å²) in [5.41, 5.74) is 0. The molecule has 1 aliphatic rings. The molecule has 106 valence electrons. The van der Waals surface area contributed by atoms with Gasteiger partial charge in [0.05, 0.1) is 6.10 Å². The number of ether oxygens (including phenoxy) is 1. The Kier molecular flexibility index (Phi) is 5.88. The van der Waals surface area contributed by atoms with Crippen LogP contribution in [0.4, 0.5) is 0 Å². The molecule has 0 bridgehead atoms. The van der Waals surface area contributed by atoms with Gasteiger partial charge in [-0.15, -0.1) is 0 Å². The Morgan fingerprint density at radius 3 is 2.95 bits per heavy atom. The Balaban J connectivity index is 1.55. The number of amides is 1. The van der Waals surface area contributed by atoms with Gasteiger partial charge in [-0.25, -0.2) is 0 Å². The van der Waals surface area contributed by atoms with E-state index < -0.39 is 0 Å². The highest BCUT2D eigenvalue weighted by Gasteiger charge is 2.13. The van der Waals surface area contributed by atoms with Gasteiger partial charge in [0.2, 0.25) is 0 Å². The predicted molar refractivity (Wildman–Crippen MR) is 75.2 cm³/mol. The molecule has 19 heavy (non-hydrogen) atoms. The summed E-state index contributed by atoms with van der Waals surface area (Å²) >= 11 is 3.17. The number of nitrogens with one attached hydrogen (secondary N) is 2. The van der Waals surface area contributed by atoms with E-state index in [0.29, 0.717) is 29.7 Å². The molecule has 1 amide bonds. The molecule has 1 aromatic heterocycles. The Hall–Kier alpha value is -0.850. The average molecular weight is 331 g/mol. The molecule has 0 spiro atoms. The number of piperidine rings is 1. The van der Waals surface area contributed by atoms with Crippen LogP contribution in [0.25, 0.3) is 0 Å². The van der Waals surface area contributed by atoms with E-state index in [9.17, 15) is 4.79 Å². The first-order chi connectivity index (χ1) is 9.25. The largest absolute Gasteiger partial charge is 0.444 e. The summed E-state index contributed by atoms with van der Waals surface area (Å²) in [6, 6.07) is 3.35. The lowest BCUT2D eigenvalue weighted by atomic mass is 10.1. The predicted octanol–water partition coefficient (Wildman–Crippen LogP) is 1.93. The van der Waals surface area contributed by atoms with Crippen LogP contribution < -0.4 is 10.6 Å². The molecule has 6 heteroatoms. The molecule has 1 fully saturated rings. The van der Waals surface area contributed by atoms with Crippen LogP contribution in [0.1, 0.15) is 29.8 Å². The summed E-state index contributed by atoms with van der Waals surface area (Å²) in [6.07, 6.45) is 3.34. The lowest BCUT2D eigenvalue weighted by Gasteiger charge is -2.22. The number of carbonyl (C=O) groups is 1. The molecule has 1 aliphatic heterocycles. The van der Waals surface area contributed by atoms with Crippen molar-refractivity contribution in [2.45, 2.75) is 25.4 Å². The molecule has 0 aliphatic carbocycles. The van der Waals surface area contributed by atoms with Crippen LogP contribution in [-0.4, -0.2) is 38.3 Å². The number of carbonyl (C=O) groups excluding carboxylic acids is 1. The van der Waals surface area contributed by atoms with Gasteiger partial charge in [-0.05, 0) is 60.4 Å². The Morgan fingerprint density at radius 2 is 2.26 bits per heavy atom. The lowest BCUT2D eigenvalue weighted by Crippen LogP contribution is -2.33. The molecule has 0 unspecified atom stereocenters. The van der Waals surface area contributed by atoms with Gasteiger partial charge in [-0.1, -0.05) is 0 Å². The van der Waals surface area contributed by atoms with Crippen molar-refractivity contribution in [3.8, 4) is 0 Å². The third-order valence-electron chi connectivity index (χ3n) is 3.04. The number of rotatable bonds is 6. The fraction of sp³-hybridized carbons (Fsp3) is 0.615. The van der Waals surface area contributed by atoms with Gasteiger partial charge < -0.3 is 19.8 Å². The highest BCUT2D eigenvalue weighted by atomic mass is 79.9. The van der Waals surface area contributed by atoms with Crippen molar-refractivity contribution < 1.29 is 13.9 Å². The van der Waals surface area contributed by atoms with E-state index in [-0.39, 0.29) is 5.91 Å². The summed E-state index contributed by atoms with van der Waals surface area (Å²) in [6.45, 7) is 3.36. The van der Waals surface area contributed by atoms with Crippen molar-refractivity contribution in [1.29, 1.82) is 0 Å². The van der Waals surface area contributed by atoms with E-state index in [2.05, 4.69) is 26.6 Å². The van der Waals surface area contributed by atoms with Crippen LogP contribution in [-0.2, 0) is 4.74 Å². The van der Waals surface area contributed by atoms with Crippen molar-refractivity contribution in [2.75, 3.05) is 26.2 Å². The van der Waals surface area contributed by atoms with Crippen molar-refractivity contribution in [1.82, 2.24) is 10.6 Å². The number of hydrogen-bond donors (Lipinski definition) is 2. The fourth-order valence-electron chi connectivity index (χ4n) is 2.01. The van der Waals surface area contributed by atoms with Gasteiger partial charge >= 0.3 is 0 Å². The van der Waals surface area contributed by atoms with Crippen LogP contribution in [0.3, 0.4) is 0 Å². The monoisotopic (exact) mass is 330 g/mol. The van der Waals surface area contributed by atoms with E-state index in [1.54, 1.807) is 12.1 Å². The van der Waals surface area contributed by atoms with Crippen LogP contribution in [0.2, 0.25) is 0 Å². The van der Waals surface area contributed by atoms with E-state index in [1.807, 2.05) is 0 Å². The maximum absolute atomic E-state index is 11.6. The number of halogens is 1. The lowest BCUT2D eigenvalue weighted by molar-refractivity contribution is 0.0317. The first-order valence-corrected chi connectivity index (χ1v) is 7.41. The third-order valence-corrected chi connectivity index (χ3v) is 3.47. The second kappa shape index (κ2) is 7.67. The fourth-order valence-corrected chi connectivity index (χ4v) is 2.32. The second-order valence-corrected chi connectivity index (χ2v) is 5.31. The van der Waals surface area contributed by atoms with E-state index in [4.69, 9.17) is 9.15 Å². The van der Waals surface area contributed by atoms with E-state index in [0.717, 1.165) is 32.4 Å². The topological polar surface area (TPSA) is 63.5 Å². The second-order valence-electron chi connectivity index (χ2n) is 4.53. The van der Waals surface area contributed by atoms with Gasteiger partial charge in [0.1, 0.15) is 0 Å². The van der Waals surface area contributed by atoms with Crippen LogP contribution >= 0.6 is 15.9 Å². The smallest absolute Gasteiger partial charge is 0.287 e. The summed E-state index contributed by atoms with van der Waals surface area (Å²) in [4.78, 5) is 11.6. The maximum atomic E-state index is 11.6. The molecule has 1 aromatic rings. The summed E-state index contributed by atoms with van der Waals surface area (Å²) in [5, 5.41) is 6.10. The Morgan fingerprint density at radius 1 is 1.47 bits per heavy atom. The zero-order chi connectivity index (χ0) is 13.5. The minimum atomic E-state index is -0.187. The van der Waals surface area contributed by atoms with Crippen molar-refractivity contribution >= 4 is 21.8 Å². The molecule has 5 nitrogen and oxygen atoms in total. The van der Waals surface area contributed by atoms with E-state index >= 15 is 0 Å². The molecule has 0 atom stereocenters. The number of hydrogen-bond acceptors (Lipinski definition) is 4. The highest BCUT2D eigenvalue weighted by Crippen LogP contribution is 2.13. The summed E-state index contributed by atoms with van der Waals surface area (Å²) in [5.74, 6) is 0.138. The average Bonchev–Trinajstić information content (AvgIpc) is 2.86. The molecule has 2 N–H and O–H groups in total. The van der Waals surface area contributed by atoms with Gasteiger partial charge in [-0.2, -0.15) is 0 Å². The minimum absolute atomic E-state index is 0.187.